The zero-order chi connectivity index (χ0) is 15.1. The second-order valence-electron chi connectivity index (χ2n) is 4.34. The Morgan fingerprint density at radius 3 is 2.57 bits per heavy atom. The van der Waals surface area contributed by atoms with Crippen molar-refractivity contribution in [2.75, 3.05) is 12.3 Å². The van der Waals surface area contributed by atoms with Gasteiger partial charge < -0.3 is 10.4 Å². The number of aromatic nitrogens is 1. The summed E-state index contributed by atoms with van der Waals surface area (Å²) < 4.78 is 0. The lowest BCUT2D eigenvalue weighted by Gasteiger charge is -2.12. The van der Waals surface area contributed by atoms with Gasteiger partial charge in [-0.15, -0.1) is 11.8 Å². The number of pyridine rings is 1. The van der Waals surface area contributed by atoms with E-state index in [4.69, 9.17) is 11.6 Å². The van der Waals surface area contributed by atoms with E-state index in [1.54, 1.807) is 36.7 Å². The Balaban J connectivity index is 1.74. The topological polar surface area (TPSA) is 62.2 Å². The van der Waals surface area contributed by atoms with E-state index in [-0.39, 0.29) is 12.5 Å². The number of aliphatic hydroxyl groups is 1. The van der Waals surface area contributed by atoms with Crippen LogP contribution in [-0.4, -0.2) is 28.3 Å². The van der Waals surface area contributed by atoms with Crippen molar-refractivity contribution in [2.45, 2.75) is 11.0 Å². The van der Waals surface area contributed by atoms with Crippen molar-refractivity contribution >= 4 is 29.3 Å². The van der Waals surface area contributed by atoms with Gasteiger partial charge in [-0.2, -0.15) is 0 Å². The smallest absolute Gasteiger partial charge is 0.230 e. The molecule has 1 unspecified atom stereocenters. The lowest BCUT2D eigenvalue weighted by atomic mass is 10.1. The van der Waals surface area contributed by atoms with Crippen LogP contribution in [0.2, 0.25) is 5.02 Å². The summed E-state index contributed by atoms with van der Waals surface area (Å²) in [5, 5.41) is 13.3. The highest BCUT2D eigenvalue weighted by Crippen LogP contribution is 2.17. The Morgan fingerprint density at radius 1 is 1.24 bits per heavy atom. The van der Waals surface area contributed by atoms with E-state index in [9.17, 15) is 9.90 Å². The van der Waals surface area contributed by atoms with Crippen LogP contribution < -0.4 is 5.32 Å². The fraction of sp³-hybridized carbons (Fsp3) is 0.200. The summed E-state index contributed by atoms with van der Waals surface area (Å²) in [6.45, 7) is 0.178. The summed E-state index contributed by atoms with van der Waals surface area (Å²) >= 11 is 7.21. The maximum atomic E-state index is 11.7. The summed E-state index contributed by atoms with van der Waals surface area (Å²) in [5.74, 6) is 0.182. The predicted octanol–water partition coefficient (Wildman–Crippen LogP) is 2.68. The molecule has 110 valence electrons. The number of carbonyl (C=O) groups is 1. The number of hydrogen-bond donors (Lipinski definition) is 2. The number of nitrogens with zero attached hydrogens (tertiary/aromatic N) is 1. The molecule has 0 saturated heterocycles. The maximum absolute atomic E-state index is 11.7. The summed E-state index contributed by atoms with van der Waals surface area (Å²) in [4.78, 5) is 16.6. The van der Waals surface area contributed by atoms with Crippen LogP contribution in [0.1, 0.15) is 11.7 Å². The van der Waals surface area contributed by atoms with E-state index < -0.39 is 6.10 Å². The molecule has 2 aromatic rings. The third-order valence-corrected chi connectivity index (χ3v) is 4.03. The molecule has 1 heterocycles. The van der Waals surface area contributed by atoms with Crippen LogP contribution in [0.5, 0.6) is 0 Å². The second-order valence-corrected chi connectivity index (χ2v) is 5.83. The summed E-state index contributed by atoms with van der Waals surface area (Å²) in [6, 6.07) is 10.6. The molecule has 0 aliphatic carbocycles. The van der Waals surface area contributed by atoms with Crippen LogP contribution in [0.25, 0.3) is 0 Å². The zero-order valence-corrected chi connectivity index (χ0v) is 12.8. The molecular weight excluding hydrogens is 308 g/mol. The normalized spacial score (nSPS) is 11.9. The fourth-order valence-electron chi connectivity index (χ4n) is 1.65. The summed E-state index contributed by atoms with van der Waals surface area (Å²) in [5.41, 5.74) is 0.724. The van der Waals surface area contributed by atoms with Gasteiger partial charge in [-0.1, -0.05) is 23.7 Å². The Morgan fingerprint density at radius 2 is 1.90 bits per heavy atom. The summed E-state index contributed by atoms with van der Waals surface area (Å²) in [7, 11) is 0. The molecule has 0 saturated carbocycles. The highest BCUT2D eigenvalue weighted by molar-refractivity contribution is 8.00. The number of aliphatic hydroxyl groups excluding tert-OH is 1. The minimum atomic E-state index is -0.739. The van der Waals surface area contributed by atoms with E-state index in [1.165, 1.54) is 11.8 Å². The molecule has 4 nitrogen and oxygen atoms in total. The Bertz CT molecular complexity index is 578. The largest absolute Gasteiger partial charge is 0.387 e. The number of benzene rings is 1. The molecule has 0 radical (unpaired) electrons. The predicted molar refractivity (Wildman–Crippen MR) is 84.4 cm³/mol. The quantitative estimate of drug-likeness (QED) is 0.803. The number of halogens is 1. The second kappa shape index (κ2) is 8.02. The molecule has 21 heavy (non-hydrogen) atoms. The number of hydrogen-bond acceptors (Lipinski definition) is 4. The van der Waals surface area contributed by atoms with Crippen molar-refractivity contribution in [3.05, 3.63) is 59.4 Å². The van der Waals surface area contributed by atoms with Crippen molar-refractivity contribution in [1.29, 1.82) is 0 Å². The molecule has 6 heteroatoms. The third kappa shape index (κ3) is 5.38. The first-order valence-corrected chi connectivity index (χ1v) is 7.74. The van der Waals surface area contributed by atoms with Gasteiger partial charge in [0.2, 0.25) is 5.91 Å². The van der Waals surface area contributed by atoms with Crippen LogP contribution in [0.15, 0.2) is 53.7 Å². The third-order valence-electron chi connectivity index (χ3n) is 2.77. The molecule has 0 bridgehead atoms. The lowest BCUT2D eigenvalue weighted by Crippen LogP contribution is -2.29. The van der Waals surface area contributed by atoms with Gasteiger partial charge in [-0.25, -0.2) is 0 Å². The average molecular weight is 323 g/mol. The molecule has 2 N–H and O–H groups in total. The van der Waals surface area contributed by atoms with Crippen molar-refractivity contribution in [3.63, 3.8) is 0 Å². The molecule has 1 atom stereocenters. The SMILES string of the molecule is O=C(CSc1ccncc1)NCC(O)c1ccc(Cl)cc1. The van der Waals surface area contributed by atoms with Crippen LogP contribution in [0.3, 0.4) is 0 Å². The minimum absolute atomic E-state index is 0.121. The van der Waals surface area contributed by atoms with Crippen LogP contribution >= 0.6 is 23.4 Å². The molecule has 1 aromatic heterocycles. The van der Waals surface area contributed by atoms with E-state index in [0.29, 0.717) is 10.8 Å². The number of nitrogens with one attached hydrogen (secondary N) is 1. The van der Waals surface area contributed by atoms with Gasteiger partial charge in [0.1, 0.15) is 0 Å². The van der Waals surface area contributed by atoms with Crippen molar-refractivity contribution < 1.29 is 9.90 Å². The standard InChI is InChI=1S/C15H15ClN2O2S/c16-12-3-1-11(2-4-12)14(19)9-18-15(20)10-21-13-5-7-17-8-6-13/h1-8,14,19H,9-10H2,(H,18,20). The van der Waals surface area contributed by atoms with Gasteiger partial charge in [0, 0.05) is 28.9 Å². The first-order chi connectivity index (χ1) is 10.1. The number of carbonyl (C=O) groups excluding carboxylic acids is 1. The number of thioether (sulfide) groups is 1. The van der Waals surface area contributed by atoms with E-state index >= 15 is 0 Å². The molecule has 0 aliphatic heterocycles. The maximum Gasteiger partial charge on any atom is 0.230 e. The molecular formula is C15H15ClN2O2S. The zero-order valence-electron chi connectivity index (χ0n) is 11.2. The molecule has 0 fully saturated rings. The van der Waals surface area contributed by atoms with Gasteiger partial charge in [0.15, 0.2) is 0 Å². The average Bonchev–Trinajstić information content (AvgIpc) is 2.52. The van der Waals surface area contributed by atoms with E-state index in [1.807, 2.05) is 12.1 Å². The monoisotopic (exact) mass is 322 g/mol. The Labute approximate surface area is 132 Å². The first-order valence-electron chi connectivity index (χ1n) is 6.38. The molecule has 1 amide bonds. The van der Waals surface area contributed by atoms with Gasteiger partial charge in [0.05, 0.1) is 11.9 Å². The molecule has 2 rings (SSSR count). The number of rotatable bonds is 6. The Hall–Kier alpha value is -1.56. The highest BCUT2D eigenvalue weighted by atomic mass is 35.5. The van der Waals surface area contributed by atoms with Crippen molar-refractivity contribution in [1.82, 2.24) is 10.3 Å². The molecule has 0 aliphatic rings. The highest BCUT2D eigenvalue weighted by Gasteiger charge is 2.09. The lowest BCUT2D eigenvalue weighted by molar-refractivity contribution is -0.119. The van der Waals surface area contributed by atoms with Crippen molar-refractivity contribution in [2.24, 2.45) is 0 Å². The van der Waals surface area contributed by atoms with Gasteiger partial charge in [0.25, 0.3) is 0 Å². The van der Waals surface area contributed by atoms with E-state index in [2.05, 4.69) is 10.3 Å². The van der Waals surface area contributed by atoms with Gasteiger partial charge >= 0.3 is 0 Å². The van der Waals surface area contributed by atoms with Crippen molar-refractivity contribution in [3.8, 4) is 0 Å². The van der Waals surface area contributed by atoms with Crippen LogP contribution in [0, 0.1) is 0 Å². The summed E-state index contributed by atoms with van der Waals surface area (Å²) in [6.07, 6.45) is 2.63. The fourth-order valence-corrected chi connectivity index (χ4v) is 2.49. The van der Waals surface area contributed by atoms with Crippen LogP contribution in [0.4, 0.5) is 0 Å². The molecule has 0 spiro atoms. The van der Waals surface area contributed by atoms with Crippen LogP contribution in [-0.2, 0) is 4.79 Å². The number of amides is 1. The Kier molecular flexibility index (Phi) is 6.04. The van der Waals surface area contributed by atoms with Gasteiger partial charge in [-0.05, 0) is 29.8 Å². The minimum Gasteiger partial charge on any atom is -0.387 e. The molecule has 1 aromatic carbocycles. The first kappa shape index (κ1) is 15.8. The van der Waals surface area contributed by atoms with E-state index in [0.717, 1.165) is 10.5 Å². The van der Waals surface area contributed by atoms with Gasteiger partial charge in [-0.3, -0.25) is 9.78 Å².